The molecule has 0 bridgehead atoms. The third kappa shape index (κ3) is 1.48. The zero-order valence-corrected chi connectivity index (χ0v) is 5.78. The highest BCUT2D eigenvalue weighted by molar-refractivity contribution is 5.79. The quantitative estimate of drug-likeness (QED) is 0.503. The lowest BCUT2D eigenvalue weighted by Crippen LogP contribution is -2.30. The molecule has 0 radical (unpaired) electrons. The Morgan fingerprint density at radius 3 is 2.36 bits per heavy atom. The molecule has 4 N–H and O–H groups in total. The van der Waals surface area contributed by atoms with Gasteiger partial charge >= 0.3 is 11.9 Å². The molecule has 0 saturated heterocycles. The molecule has 0 amide bonds. The molecule has 1 saturated carbocycles. The Bertz CT molecular complexity index is 215. The Balaban J connectivity index is 2.49. The largest absolute Gasteiger partial charge is 0.481 e. The first kappa shape index (κ1) is 8.00. The Morgan fingerprint density at radius 1 is 1.55 bits per heavy atom. The van der Waals surface area contributed by atoms with Crippen molar-refractivity contribution in [1.29, 1.82) is 0 Å². The summed E-state index contributed by atoms with van der Waals surface area (Å²) in [6.45, 7) is 0. The van der Waals surface area contributed by atoms with Crippen LogP contribution in [-0.4, -0.2) is 27.7 Å². The number of nitrogens with two attached hydrogens (primary N) is 1. The maximum Gasteiger partial charge on any atom is 0.308 e. The molecule has 0 aromatic carbocycles. The smallest absolute Gasteiger partial charge is 0.308 e. The molecule has 11 heavy (non-hydrogen) atoms. The van der Waals surface area contributed by atoms with E-state index in [0.717, 1.165) is 0 Å². The first-order chi connectivity index (χ1) is 4.96. The summed E-state index contributed by atoms with van der Waals surface area (Å²) in [7, 11) is 0. The SMILES string of the molecule is NC1(CC(=O)O)C[C@@H]1C(=O)O. The number of carboxylic acids is 2. The minimum Gasteiger partial charge on any atom is -0.481 e. The number of carbonyl (C=O) groups is 2. The summed E-state index contributed by atoms with van der Waals surface area (Å²) >= 11 is 0. The third-order valence-corrected chi connectivity index (χ3v) is 1.90. The minimum atomic E-state index is -1.05. The molecule has 1 unspecified atom stereocenters. The molecule has 1 fully saturated rings. The van der Waals surface area contributed by atoms with E-state index in [9.17, 15) is 9.59 Å². The summed E-state index contributed by atoms with van der Waals surface area (Å²) in [5.74, 6) is -2.72. The Morgan fingerprint density at radius 2 is 2.09 bits per heavy atom. The monoisotopic (exact) mass is 159 g/mol. The van der Waals surface area contributed by atoms with Gasteiger partial charge in [0.2, 0.25) is 0 Å². The van der Waals surface area contributed by atoms with Crippen LogP contribution in [0.2, 0.25) is 0 Å². The topological polar surface area (TPSA) is 101 Å². The van der Waals surface area contributed by atoms with Crippen LogP contribution in [0, 0.1) is 5.92 Å². The van der Waals surface area contributed by atoms with Gasteiger partial charge in [-0.05, 0) is 6.42 Å². The van der Waals surface area contributed by atoms with Crippen LogP contribution in [-0.2, 0) is 9.59 Å². The van der Waals surface area contributed by atoms with Gasteiger partial charge < -0.3 is 15.9 Å². The zero-order chi connectivity index (χ0) is 8.65. The lowest BCUT2D eigenvalue weighted by atomic mass is 10.1. The van der Waals surface area contributed by atoms with Crippen LogP contribution >= 0.6 is 0 Å². The van der Waals surface area contributed by atoms with Crippen LogP contribution < -0.4 is 5.73 Å². The van der Waals surface area contributed by atoms with Gasteiger partial charge in [0.25, 0.3) is 0 Å². The molecule has 0 aromatic rings. The first-order valence-corrected chi connectivity index (χ1v) is 3.19. The van der Waals surface area contributed by atoms with E-state index < -0.39 is 23.4 Å². The van der Waals surface area contributed by atoms with Crippen molar-refractivity contribution in [1.82, 2.24) is 0 Å². The van der Waals surface area contributed by atoms with Gasteiger partial charge in [-0.15, -0.1) is 0 Å². The average Bonchev–Trinajstić information content (AvgIpc) is 2.39. The van der Waals surface area contributed by atoms with Crippen molar-refractivity contribution in [3.05, 3.63) is 0 Å². The molecular formula is C6H9NO4. The summed E-state index contributed by atoms with van der Waals surface area (Å²) in [5, 5.41) is 16.7. The molecule has 0 heterocycles. The van der Waals surface area contributed by atoms with Gasteiger partial charge in [0.1, 0.15) is 0 Å². The van der Waals surface area contributed by atoms with Crippen LogP contribution in [0.15, 0.2) is 0 Å². The maximum atomic E-state index is 10.3. The van der Waals surface area contributed by atoms with Gasteiger partial charge in [-0.3, -0.25) is 9.59 Å². The number of rotatable bonds is 3. The summed E-state index contributed by atoms with van der Waals surface area (Å²) in [6.07, 6.45) is 0.0125. The number of carboxylic acid groups (broad SMARTS) is 2. The van der Waals surface area contributed by atoms with E-state index in [4.69, 9.17) is 15.9 Å². The van der Waals surface area contributed by atoms with E-state index in [2.05, 4.69) is 0 Å². The normalized spacial score (nSPS) is 34.8. The molecule has 0 aliphatic heterocycles. The predicted molar refractivity (Wildman–Crippen MR) is 34.9 cm³/mol. The molecule has 1 aliphatic carbocycles. The van der Waals surface area contributed by atoms with E-state index in [1.807, 2.05) is 0 Å². The van der Waals surface area contributed by atoms with Crippen LogP contribution in [0.25, 0.3) is 0 Å². The molecule has 1 aliphatic rings. The summed E-state index contributed by atoms with van der Waals surface area (Å²) in [5.41, 5.74) is 4.44. The summed E-state index contributed by atoms with van der Waals surface area (Å²) in [6, 6.07) is 0. The second kappa shape index (κ2) is 2.20. The lowest BCUT2D eigenvalue weighted by molar-refractivity contribution is -0.139. The maximum absolute atomic E-state index is 10.3. The van der Waals surface area contributed by atoms with Crippen molar-refractivity contribution < 1.29 is 19.8 Å². The van der Waals surface area contributed by atoms with Gasteiger partial charge in [-0.25, -0.2) is 0 Å². The molecule has 1 rings (SSSR count). The Hall–Kier alpha value is -1.10. The van der Waals surface area contributed by atoms with Gasteiger partial charge in [0.05, 0.1) is 12.3 Å². The fourth-order valence-electron chi connectivity index (χ4n) is 1.13. The highest BCUT2D eigenvalue weighted by Gasteiger charge is 2.56. The van der Waals surface area contributed by atoms with E-state index >= 15 is 0 Å². The Kier molecular flexibility index (Phi) is 1.60. The highest BCUT2D eigenvalue weighted by Crippen LogP contribution is 2.43. The molecule has 2 atom stereocenters. The second-order valence-corrected chi connectivity index (χ2v) is 2.90. The zero-order valence-electron chi connectivity index (χ0n) is 5.78. The molecule has 0 spiro atoms. The summed E-state index contributed by atoms with van der Waals surface area (Å²) < 4.78 is 0. The molecule has 5 nitrogen and oxygen atoms in total. The van der Waals surface area contributed by atoms with Gasteiger partial charge in [0, 0.05) is 5.54 Å². The fourth-order valence-corrected chi connectivity index (χ4v) is 1.13. The van der Waals surface area contributed by atoms with E-state index in [-0.39, 0.29) is 12.8 Å². The molecule has 62 valence electrons. The van der Waals surface area contributed by atoms with Crippen LogP contribution in [0.5, 0.6) is 0 Å². The second-order valence-electron chi connectivity index (χ2n) is 2.90. The van der Waals surface area contributed by atoms with Crippen LogP contribution in [0.3, 0.4) is 0 Å². The van der Waals surface area contributed by atoms with Crippen molar-refractivity contribution in [2.75, 3.05) is 0 Å². The van der Waals surface area contributed by atoms with Crippen molar-refractivity contribution in [3.63, 3.8) is 0 Å². The van der Waals surface area contributed by atoms with Crippen molar-refractivity contribution in [2.45, 2.75) is 18.4 Å². The molecule has 0 aromatic heterocycles. The van der Waals surface area contributed by atoms with E-state index in [1.54, 1.807) is 0 Å². The van der Waals surface area contributed by atoms with Gasteiger partial charge in [-0.2, -0.15) is 0 Å². The number of aliphatic carboxylic acids is 2. The van der Waals surface area contributed by atoms with Crippen molar-refractivity contribution in [2.24, 2.45) is 11.7 Å². The van der Waals surface area contributed by atoms with E-state index in [0.29, 0.717) is 0 Å². The highest BCUT2D eigenvalue weighted by atomic mass is 16.4. The fraction of sp³-hybridized carbons (Fsp3) is 0.667. The summed E-state index contributed by atoms with van der Waals surface area (Å²) in [4.78, 5) is 20.4. The van der Waals surface area contributed by atoms with Gasteiger partial charge in [-0.1, -0.05) is 0 Å². The Labute approximate surface area is 62.8 Å². The number of hydrogen-bond acceptors (Lipinski definition) is 3. The standard InChI is InChI=1S/C6H9NO4/c7-6(2-4(8)9)1-3(6)5(10)11/h3H,1-2,7H2,(H,8,9)(H,10,11)/t3-,6?/m1/s1. The van der Waals surface area contributed by atoms with Crippen molar-refractivity contribution >= 4 is 11.9 Å². The van der Waals surface area contributed by atoms with E-state index in [1.165, 1.54) is 0 Å². The third-order valence-electron chi connectivity index (χ3n) is 1.90. The predicted octanol–water partition coefficient (Wildman–Crippen LogP) is -0.737. The number of hydrogen-bond donors (Lipinski definition) is 3. The lowest BCUT2D eigenvalue weighted by Gasteiger charge is -2.03. The first-order valence-electron chi connectivity index (χ1n) is 3.19. The molecule has 5 heteroatoms. The average molecular weight is 159 g/mol. The van der Waals surface area contributed by atoms with Crippen LogP contribution in [0.1, 0.15) is 12.8 Å². The van der Waals surface area contributed by atoms with Crippen LogP contribution in [0.4, 0.5) is 0 Å². The molecular weight excluding hydrogens is 150 g/mol. The van der Waals surface area contributed by atoms with Crippen molar-refractivity contribution in [3.8, 4) is 0 Å². The van der Waals surface area contributed by atoms with Gasteiger partial charge in [0.15, 0.2) is 0 Å². The minimum absolute atomic E-state index is 0.260.